The van der Waals surface area contributed by atoms with E-state index in [4.69, 9.17) is 4.74 Å². The van der Waals surface area contributed by atoms with Crippen LogP contribution in [0.25, 0.3) is 5.70 Å². The number of benzene rings is 2. The summed E-state index contributed by atoms with van der Waals surface area (Å²) in [5, 5.41) is 0. The average Bonchev–Trinajstić information content (AvgIpc) is 3.05. The number of hydrogen-bond donors (Lipinski definition) is 0. The van der Waals surface area contributed by atoms with Crippen molar-refractivity contribution in [2.75, 3.05) is 13.1 Å². The number of ether oxygens (including phenoxy) is 1. The first-order valence-electron chi connectivity index (χ1n) is 11.3. The van der Waals surface area contributed by atoms with Crippen molar-refractivity contribution in [2.24, 2.45) is 5.92 Å². The van der Waals surface area contributed by atoms with E-state index in [1.807, 2.05) is 62.1 Å². The van der Waals surface area contributed by atoms with Crippen molar-refractivity contribution >= 4 is 17.7 Å². The summed E-state index contributed by atoms with van der Waals surface area (Å²) in [4.78, 5) is 29.5. The van der Waals surface area contributed by atoms with Gasteiger partial charge in [-0.05, 0) is 49.8 Å². The van der Waals surface area contributed by atoms with Gasteiger partial charge in [0.2, 0.25) is 5.91 Å². The number of fused-ring (bicyclic) bond motifs is 4. The van der Waals surface area contributed by atoms with Crippen LogP contribution in [-0.4, -0.2) is 40.5 Å². The van der Waals surface area contributed by atoms with Crippen LogP contribution in [0, 0.1) is 5.92 Å². The predicted molar refractivity (Wildman–Crippen MR) is 124 cm³/mol. The van der Waals surface area contributed by atoms with E-state index in [2.05, 4.69) is 24.8 Å². The van der Waals surface area contributed by atoms with E-state index in [0.717, 1.165) is 17.7 Å². The molecule has 3 aliphatic rings. The molecule has 5 nitrogen and oxygen atoms in total. The van der Waals surface area contributed by atoms with Crippen LogP contribution in [0.1, 0.15) is 56.3 Å². The third-order valence-electron chi connectivity index (χ3n) is 6.97. The van der Waals surface area contributed by atoms with Gasteiger partial charge in [-0.2, -0.15) is 0 Å². The van der Waals surface area contributed by atoms with Gasteiger partial charge in [0.05, 0.1) is 6.04 Å². The number of amides is 2. The maximum Gasteiger partial charge on any atom is 0.410 e. The molecule has 0 unspecified atom stereocenters. The first kappa shape index (κ1) is 20.8. The molecular formula is C27H30N2O3. The summed E-state index contributed by atoms with van der Waals surface area (Å²) in [6, 6.07) is 18.3. The Morgan fingerprint density at radius 3 is 2.41 bits per heavy atom. The molecule has 1 spiro atoms. The lowest BCUT2D eigenvalue weighted by Crippen LogP contribution is -2.64. The molecule has 2 amide bonds. The van der Waals surface area contributed by atoms with Gasteiger partial charge in [-0.25, -0.2) is 4.79 Å². The first-order chi connectivity index (χ1) is 15.2. The minimum Gasteiger partial charge on any atom is -0.444 e. The zero-order valence-corrected chi connectivity index (χ0v) is 19.0. The van der Waals surface area contributed by atoms with Crippen molar-refractivity contribution in [3.8, 4) is 0 Å². The van der Waals surface area contributed by atoms with E-state index >= 15 is 0 Å². The van der Waals surface area contributed by atoms with Crippen LogP contribution in [0.5, 0.6) is 0 Å². The molecule has 2 aromatic rings. The monoisotopic (exact) mass is 430 g/mol. The van der Waals surface area contributed by atoms with Gasteiger partial charge in [-0.15, -0.1) is 0 Å². The molecule has 0 saturated carbocycles. The summed E-state index contributed by atoms with van der Waals surface area (Å²) in [6.45, 7) is 11.2. The van der Waals surface area contributed by atoms with Crippen molar-refractivity contribution in [3.63, 3.8) is 0 Å². The molecule has 5 rings (SSSR count). The van der Waals surface area contributed by atoms with Crippen LogP contribution < -0.4 is 0 Å². The molecular weight excluding hydrogens is 400 g/mol. The van der Waals surface area contributed by atoms with Crippen LogP contribution in [-0.2, 0) is 14.9 Å². The summed E-state index contributed by atoms with van der Waals surface area (Å²) in [5.41, 5.74) is 3.55. The van der Waals surface area contributed by atoms with E-state index in [0.29, 0.717) is 19.5 Å². The molecule has 2 aliphatic heterocycles. The molecule has 2 fully saturated rings. The van der Waals surface area contributed by atoms with Crippen LogP contribution in [0.2, 0.25) is 0 Å². The Hall–Kier alpha value is -3.08. The molecule has 2 atom stereocenters. The fraction of sp³-hybridized carbons (Fsp3) is 0.407. The van der Waals surface area contributed by atoms with Crippen LogP contribution in [0.3, 0.4) is 0 Å². The van der Waals surface area contributed by atoms with Crippen molar-refractivity contribution in [3.05, 3.63) is 77.9 Å². The molecule has 5 heteroatoms. The van der Waals surface area contributed by atoms with E-state index < -0.39 is 5.60 Å². The molecule has 2 aromatic carbocycles. The number of carbonyl (C=O) groups is 2. The summed E-state index contributed by atoms with van der Waals surface area (Å²) < 4.78 is 5.58. The standard InChI is InChI=1S/C27H30N2O3/c1-18(19-10-6-5-7-11-19)29-23(30)14-20-15-27(22-13-9-8-12-21(22)24(20)29)16-28(17-27)25(31)32-26(2,3)4/h5-13,20,24H,1,14-17H2,2-4H3/t20-,24-/m0/s1. The zero-order valence-electron chi connectivity index (χ0n) is 19.0. The van der Waals surface area contributed by atoms with E-state index in [-0.39, 0.29) is 29.4 Å². The molecule has 0 bridgehead atoms. The Bertz CT molecular complexity index is 1080. The Balaban J connectivity index is 1.45. The van der Waals surface area contributed by atoms with Gasteiger partial charge >= 0.3 is 6.09 Å². The molecule has 0 N–H and O–H groups in total. The minimum absolute atomic E-state index is 0.00684. The zero-order chi connectivity index (χ0) is 22.7. The Labute approximate surface area is 189 Å². The highest BCUT2D eigenvalue weighted by Gasteiger charge is 2.57. The molecule has 2 saturated heterocycles. The summed E-state index contributed by atoms with van der Waals surface area (Å²) in [6.07, 6.45) is 1.14. The van der Waals surface area contributed by atoms with Crippen LogP contribution in [0.4, 0.5) is 4.79 Å². The SMILES string of the molecule is C=C(c1ccccc1)N1C(=O)C[C@H]2CC3(CN(C(=O)OC(C)(C)C)C3)c3ccccc3[C@H]21. The third kappa shape index (κ3) is 3.31. The van der Waals surface area contributed by atoms with Gasteiger partial charge in [-0.1, -0.05) is 61.2 Å². The van der Waals surface area contributed by atoms with Gasteiger partial charge in [0, 0.05) is 30.6 Å². The second-order valence-corrected chi connectivity index (χ2v) is 10.4. The molecule has 166 valence electrons. The average molecular weight is 431 g/mol. The number of carbonyl (C=O) groups excluding carboxylic acids is 2. The van der Waals surface area contributed by atoms with E-state index in [9.17, 15) is 9.59 Å². The number of likely N-dealkylation sites (tertiary alicyclic amines) is 2. The Kier molecular flexibility index (Phi) is 4.70. The lowest BCUT2D eigenvalue weighted by Gasteiger charge is -2.55. The number of rotatable bonds is 2. The third-order valence-corrected chi connectivity index (χ3v) is 6.97. The normalized spacial score (nSPS) is 23.4. The maximum absolute atomic E-state index is 13.2. The second kappa shape index (κ2) is 7.22. The Morgan fingerprint density at radius 1 is 1.06 bits per heavy atom. The quantitative estimate of drug-likeness (QED) is 0.663. The highest BCUT2D eigenvalue weighted by atomic mass is 16.6. The first-order valence-corrected chi connectivity index (χ1v) is 11.3. The fourth-order valence-corrected chi connectivity index (χ4v) is 5.75. The van der Waals surface area contributed by atoms with Gasteiger partial charge < -0.3 is 14.5 Å². The topological polar surface area (TPSA) is 49.9 Å². The molecule has 0 aromatic heterocycles. The number of nitrogens with zero attached hydrogens (tertiary/aromatic N) is 2. The predicted octanol–water partition coefficient (Wildman–Crippen LogP) is 5.14. The lowest BCUT2D eigenvalue weighted by atomic mass is 9.60. The second-order valence-electron chi connectivity index (χ2n) is 10.4. The van der Waals surface area contributed by atoms with Gasteiger partial charge in [0.25, 0.3) is 0 Å². The van der Waals surface area contributed by atoms with E-state index in [1.54, 1.807) is 4.90 Å². The maximum atomic E-state index is 13.2. The van der Waals surface area contributed by atoms with Crippen molar-refractivity contribution in [1.82, 2.24) is 9.80 Å². The van der Waals surface area contributed by atoms with Crippen molar-refractivity contribution in [2.45, 2.75) is 50.7 Å². The smallest absolute Gasteiger partial charge is 0.410 e. The molecule has 1 aliphatic carbocycles. The highest BCUT2D eigenvalue weighted by molar-refractivity contribution is 5.89. The highest BCUT2D eigenvalue weighted by Crippen LogP contribution is 2.56. The van der Waals surface area contributed by atoms with Gasteiger partial charge in [0.1, 0.15) is 5.60 Å². The fourth-order valence-electron chi connectivity index (χ4n) is 5.75. The van der Waals surface area contributed by atoms with Crippen molar-refractivity contribution < 1.29 is 14.3 Å². The largest absolute Gasteiger partial charge is 0.444 e. The Morgan fingerprint density at radius 2 is 1.72 bits per heavy atom. The van der Waals surface area contributed by atoms with Crippen LogP contribution >= 0.6 is 0 Å². The van der Waals surface area contributed by atoms with E-state index in [1.165, 1.54) is 11.1 Å². The van der Waals surface area contributed by atoms with Crippen molar-refractivity contribution in [1.29, 1.82) is 0 Å². The molecule has 0 radical (unpaired) electrons. The summed E-state index contributed by atoms with van der Waals surface area (Å²) in [7, 11) is 0. The van der Waals surface area contributed by atoms with Crippen LogP contribution in [0.15, 0.2) is 61.2 Å². The van der Waals surface area contributed by atoms with Gasteiger partial charge in [0.15, 0.2) is 0 Å². The number of hydrogen-bond acceptors (Lipinski definition) is 3. The molecule has 32 heavy (non-hydrogen) atoms. The molecule has 2 heterocycles. The summed E-state index contributed by atoms with van der Waals surface area (Å²) >= 11 is 0. The van der Waals surface area contributed by atoms with Gasteiger partial charge in [-0.3, -0.25) is 4.79 Å². The summed E-state index contributed by atoms with van der Waals surface area (Å²) in [5.74, 6) is 0.336. The minimum atomic E-state index is -0.508. The lowest BCUT2D eigenvalue weighted by molar-refractivity contribution is -0.125.